The molecule has 0 unspecified atom stereocenters. The van der Waals surface area contributed by atoms with E-state index in [9.17, 15) is 9.59 Å². The number of unbranched alkanes of at least 4 members (excludes halogenated alkanes) is 2. The van der Waals surface area contributed by atoms with Gasteiger partial charge >= 0.3 is 0 Å². The summed E-state index contributed by atoms with van der Waals surface area (Å²) < 4.78 is 7.94. The molecule has 0 aliphatic carbocycles. The summed E-state index contributed by atoms with van der Waals surface area (Å²) in [5.41, 5.74) is 1.12. The zero-order valence-corrected chi connectivity index (χ0v) is 20.6. The quantitative estimate of drug-likeness (QED) is 0.231. The van der Waals surface area contributed by atoms with Crippen molar-refractivity contribution in [3.05, 3.63) is 74.0 Å². The van der Waals surface area contributed by atoms with Gasteiger partial charge in [-0.05, 0) is 55.3 Å². The summed E-state index contributed by atoms with van der Waals surface area (Å²) in [6, 6.07) is 10.5. The minimum Gasteiger partial charge on any atom is -0.438 e. The molecule has 1 aliphatic heterocycles. The molecule has 2 aromatic heterocycles. The van der Waals surface area contributed by atoms with Crippen LogP contribution in [0.1, 0.15) is 37.3 Å². The molecule has 1 aliphatic rings. The zero-order chi connectivity index (χ0) is 23.5. The number of aryl methyl sites for hydroxylation is 1. The van der Waals surface area contributed by atoms with Gasteiger partial charge in [0.15, 0.2) is 0 Å². The maximum Gasteiger partial charge on any atom is 0.269 e. The Morgan fingerprint density at radius 3 is 2.79 bits per heavy atom. The lowest BCUT2D eigenvalue weighted by Crippen LogP contribution is -2.29. The number of aromatic nitrogens is 2. The monoisotopic (exact) mass is 499 g/mol. The van der Waals surface area contributed by atoms with Gasteiger partial charge in [0.1, 0.15) is 21.3 Å². The van der Waals surface area contributed by atoms with Crippen molar-refractivity contribution in [2.24, 2.45) is 0 Å². The fourth-order valence-electron chi connectivity index (χ4n) is 3.42. The molecule has 0 atom stereocenters. The van der Waals surface area contributed by atoms with Gasteiger partial charge in [0.25, 0.3) is 11.5 Å². The molecule has 6 nitrogen and oxygen atoms in total. The topological polar surface area (TPSA) is 63.9 Å². The summed E-state index contributed by atoms with van der Waals surface area (Å²) in [6.45, 7) is 4.54. The van der Waals surface area contributed by atoms with E-state index >= 15 is 0 Å². The number of pyridine rings is 1. The van der Waals surface area contributed by atoms with Crippen LogP contribution >= 0.6 is 35.6 Å². The second kappa shape index (κ2) is 10.1. The summed E-state index contributed by atoms with van der Waals surface area (Å²) in [5, 5.41) is 0.612. The predicted molar refractivity (Wildman–Crippen MR) is 137 cm³/mol. The number of rotatable bonds is 7. The summed E-state index contributed by atoms with van der Waals surface area (Å²) in [7, 11) is 0. The number of halogens is 1. The summed E-state index contributed by atoms with van der Waals surface area (Å²) in [5.74, 6) is 0.405. The van der Waals surface area contributed by atoms with E-state index in [1.165, 1.54) is 22.2 Å². The number of carbonyl (C=O) groups is 1. The zero-order valence-electron chi connectivity index (χ0n) is 18.2. The molecule has 0 bridgehead atoms. The van der Waals surface area contributed by atoms with Crippen molar-refractivity contribution in [1.82, 2.24) is 14.3 Å². The van der Waals surface area contributed by atoms with E-state index in [2.05, 4.69) is 11.9 Å². The van der Waals surface area contributed by atoms with Crippen LogP contribution in [-0.4, -0.2) is 31.1 Å². The molecule has 0 radical (unpaired) electrons. The minimum atomic E-state index is -0.336. The van der Waals surface area contributed by atoms with Crippen LogP contribution in [-0.2, 0) is 4.79 Å². The van der Waals surface area contributed by atoms with Gasteiger partial charge in [0.05, 0.1) is 4.91 Å². The van der Waals surface area contributed by atoms with Gasteiger partial charge in [-0.15, -0.1) is 0 Å². The Morgan fingerprint density at radius 2 is 2.03 bits per heavy atom. The van der Waals surface area contributed by atoms with Crippen LogP contribution in [0.15, 0.2) is 52.3 Å². The number of thiocarbonyl (C=S) groups is 1. The van der Waals surface area contributed by atoms with E-state index < -0.39 is 0 Å². The number of nitrogens with zero attached hydrogens (tertiary/aromatic N) is 3. The number of thioether (sulfide) groups is 1. The Balaban J connectivity index is 1.77. The average molecular weight is 500 g/mol. The fraction of sp³-hybridized carbons (Fsp3) is 0.250. The van der Waals surface area contributed by atoms with Crippen LogP contribution in [0.3, 0.4) is 0 Å². The molecule has 33 heavy (non-hydrogen) atoms. The molecule has 0 N–H and O–H groups in total. The highest BCUT2D eigenvalue weighted by atomic mass is 35.5. The Morgan fingerprint density at radius 1 is 1.21 bits per heavy atom. The lowest BCUT2D eigenvalue weighted by Gasteiger charge is -2.13. The molecule has 170 valence electrons. The number of fused-ring (bicyclic) bond motifs is 1. The second-order valence-electron chi connectivity index (χ2n) is 7.62. The predicted octanol–water partition coefficient (Wildman–Crippen LogP) is 5.84. The standard InChI is InChI=1S/C24H22ClN3O3S2/c1-3-4-6-12-28-23(30)19(33-24(28)32)14-17-21(31-16-9-10-18(25)15(2)13-16)26-20-8-5-7-11-27(20)22(17)29/h5,7-11,13-14H,3-4,6,12H2,1-2H3/b19-14+. The Kier molecular flexibility index (Phi) is 7.17. The van der Waals surface area contributed by atoms with Gasteiger partial charge in [-0.3, -0.25) is 18.9 Å². The van der Waals surface area contributed by atoms with Crippen molar-refractivity contribution in [1.29, 1.82) is 0 Å². The van der Waals surface area contributed by atoms with Crippen LogP contribution in [0.2, 0.25) is 5.02 Å². The SMILES string of the molecule is CCCCCN1C(=O)/C(=C\c2c(Oc3ccc(Cl)c(C)c3)nc3ccccn3c2=O)SC1=S. The summed E-state index contributed by atoms with van der Waals surface area (Å²) in [4.78, 5) is 32.9. The molecule has 0 spiro atoms. The van der Waals surface area contributed by atoms with E-state index in [1.54, 1.807) is 47.5 Å². The molecule has 4 rings (SSSR count). The third-order valence-corrected chi connectivity index (χ3v) is 7.01. The number of benzene rings is 1. The first-order valence-electron chi connectivity index (χ1n) is 10.6. The van der Waals surface area contributed by atoms with Gasteiger partial charge in [0.2, 0.25) is 5.88 Å². The van der Waals surface area contributed by atoms with Crippen LogP contribution in [0.5, 0.6) is 11.6 Å². The first kappa shape index (κ1) is 23.5. The van der Waals surface area contributed by atoms with Gasteiger partial charge in [-0.2, -0.15) is 4.98 Å². The lowest BCUT2D eigenvalue weighted by atomic mass is 10.2. The molecule has 0 saturated carbocycles. The molecular formula is C24H22ClN3O3S2. The number of amides is 1. The first-order chi connectivity index (χ1) is 15.9. The highest BCUT2D eigenvalue weighted by Gasteiger charge is 2.32. The first-order valence-corrected chi connectivity index (χ1v) is 12.2. The van der Waals surface area contributed by atoms with Gasteiger partial charge in [-0.25, -0.2) is 0 Å². The van der Waals surface area contributed by atoms with E-state index in [0.717, 1.165) is 24.8 Å². The van der Waals surface area contributed by atoms with E-state index in [-0.39, 0.29) is 22.9 Å². The van der Waals surface area contributed by atoms with E-state index in [4.69, 9.17) is 28.6 Å². The van der Waals surface area contributed by atoms with Gasteiger partial charge in [0, 0.05) is 17.8 Å². The number of hydrogen-bond donors (Lipinski definition) is 0. The van der Waals surface area contributed by atoms with Crippen molar-refractivity contribution < 1.29 is 9.53 Å². The molecule has 3 heterocycles. The van der Waals surface area contributed by atoms with E-state index in [1.807, 2.05) is 6.92 Å². The number of hydrogen-bond acceptors (Lipinski definition) is 6. The molecule has 1 amide bonds. The van der Waals surface area contributed by atoms with E-state index in [0.29, 0.717) is 32.2 Å². The van der Waals surface area contributed by atoms with Crippen molar-refractivity contribution in [3.8, 4) is 11.6 Å². The average Bonchev–Trinajstić information content (AvgIpc) is 3.06. The van der Waals surface area contributed by atoms with Crippen LogP contribution in [0, 0.1) is 6.92 Å². The van der Waals surface area contributed by atoms with Crippen LogP contribution < -0.4 is 10.3 Å². The normalized spacial score (nSPS) is 15.1. The molecule has 1 saturated heterocycles. The summed E-state index contributed by atoms with van der Waals surface area (Å²) >= 11 is 12.7. The number of carbonyl (C=O) groups excluding carboxylic acids is 1. The maximum absolute atomic E-state index is 13.3. The van der Waals surface area contributed by atoms with Crippen molar-refractivity contribution in [2.45, 2.75) is 33.1 Å². The summed E-state index contributed by atoms with van der Waals surface area (Å²) in [6.07, 6.45) is 6.11. The number of ether oxygens (including phenoxy) is 1. The van der Waals surface area contributed by atoms with Gasteiger partial charge in [-0.1, -0.05) is 61.4 Å². The minimum absolute atomic E-state index is 0.115. The smallest absolute Gasteiger partial charge is 0.269 e. The molecule has 1 aromatic carbocycles. The molecular weight excluding hydrogens is 478 g/mol. The lowest BCUT2D eigenvalue weighted by molar-refractivity contribution is -0.122. The second-order valence-corrected chi connectivity index (χ2v) is 9.70. The largest absolute Gasteiger partial charge is 0.438 e. The fourth-order valence-corrected chi connectivity index (χ4v) is 4.83. The van der Waals surface area contributed by atoms with Gasteiger partial charge < -0.3 is 4.74 Å². The van der Waals surface area contributed by atoms with Crippen LogP contribution in [0.25, 0.3) is 11.7 Å². The van der Waals surface area contributed by atoms with Crippen molar-refractivity contribution in [2.75, 3.05) is 6.54 Å². The Hall–Kier alpha value is -2.68. The molecule has 1 fully saturated rings. The maximum atomic E-state index is 13.3. The third kappa shape index (κ3) is 4.98. The Labute approximate surface area is 206 Å². The highest BCUT2D eigenvalue weighted by Crippen LogP contribution is 2.34. The molecule has 3 aromatic rings. The highest BCUT2D eigenvalue weighted by molar-refractivity contribution is 8.26. The van der Waals surface area contributed by atoms with Crippen LogP contribution in [0.4, 0.5) is 0 Å². The molecule has 9 heteroatoms. The van der Waals surface area contributed by atoms with Crippen molar-refractivity contribution >= 4 is 57.5 Å². The van der Waals surface area contributed by atoms with Crippen molar-refractivity contribution in [3.63, 3.8) is 0 Å². The third-order valence-electron chi connectivity index (χ3n) is 5.21. The Bertz CT molecular complexity index is 1340.